The zero-order chi connectivity index (χ0) is 12.5. The summed E-state index contributed by atoms with van der Waals surface area (Å²) in [5.41, 5.74) is 0. The predicted molar refractivity (Wildman–Crippen MR) is 68.0 cm³/mol. The summed E-state index contributed by atoms with van der Waals surface area (Å²) in [5.74, 6) is -0.192. The minimum Gasteiger partial charge on any atom is -0.435 e. The molecule has 0 spiro atoms. The summed E-state index contributed by atoms with van der Waals surface area (Å²) in [4.78, 5) is 23.8. The van der Waals surface area contributed by atoms with Crippen LogP contribution in [0.2, 0.25) is 0 Å². The topological polar surface area (TPSA) is 54.4 Å². The smallest absolute Gasteiger partial charge is 0.435 e. The van der Waals surface area contributed by atoms with E-state index in [2.05, 4.69) is 28.6 Å². The molecular weight excluding hydrogens is 294 g/mol. The molecule has 0 aromatic heterocycles. The summed E-state index contributed by atoms with van der Waals surface area (Å²) in [5, 5.41) is 9.37. The van der Waals surface area contributed by atoms with Crippen LogP contribution in [0.3, 0.4) is 0 Å². The number of imide groups is 1. The number of carbonyl (C=O) groups excluding carboxylic acids is 1. The fraction of sp³-hybridized carbons (Fsp3) is 0.800. The molecule has 0 bridgehead atoms. The Labute approximate surface area is 109 Å². The van der Waals surface area contributed by atoms with Gasteiger partial charge in [-0.15, -0.1) is 0 Å². The Bertz CT molecular complexity index is 312. The highest BCUT2D eigenvalue weighted by molar-refractivity contribution is 9.09. The lowest BCUT2D eigenvalue weighted by atomic mass is 10.1. The highest BCUT2D eigenvalue weighted by Crippen LogP contribution is 2.33. The molecule has 16 heavy (non-hydrogen) atoms. The molecule has 1 saturated heterocycles. The molecule has 1 aliphatic heterocycles. The van der Waals surface area contributed by atoms with Gasteiger partial charge >= 0.3 is 12.0 Å². The molecule has 0 radical (unpaired) electrons. The molecule has 1 aliphatic rings. The van der Waals surface area contributed by atoms with Gasteiger partial charge in [0.05, 0.1) is 10.7 Å². The summed E-state index contributed by atoms with van der Waals surface area (Å²) >= 11 is 7.48. The molecule has 4 nitrogen and oxygen atoms in total. The van der Waals surface area contributed by atoms with Crippen molar-refractivity contribution in [2.24, 2.45) is 5.92 Å². The first-order chi connectivity index (χ1) is 7.36. The zero-order valence-electron chi connectivity index (χ0n) is 9.39. The van der Waals surface area contributed by atoms with Crippen molar-refractivity contribution in [2.45, 2.75) is 31.1 Å². The van der Waals surface area contributed by atoms with Gasteiger partial charge in [-0.3, -0.25) is 0 Å². The highest BCUT2D eigenvalue weighted by Gasteiger charge is 2.56. The maximum Gasteiger partial charge on any atom is 0.521 e. The van der Waals surface area contributed by atoms with E-state index in [0.717, 1.165) is 0 Å². The lowest BCUT2D eigenvalue weighted by molar-refractivity contribution is -0.793. The molecule has 92 valence electrons. The number of hydrogen-bond donors (Lipinski definition) is 2. The number of amides is 2. The lowest BCUT2D eigenvalue weighted by Gasteiger charge is -2.31. The SMILES string of the molecule is CC(CS)C(=O)[N@@+]1(C(=O)O)C[C@@H](Br)C[C@H]1C. The average molecular weight is 311 g/mol. The Morgan fingerprint density at radius 1 is 1.62 bits per heavy atom. The highest BCUT2D eigenvalue weighted by atomic mass is 79.9. The summed E-state index contributed by atoms with van der Waals surface area (Å²) in [6.45, 7) is 3.87. The molecule has 0 aliphatic carbocycles. The molecule has 1 fully saturated rings. The van der Waals surface area contributed by atoms with E-state index in [-0.39, 0.29) is 22.7 Å². The maximum atomic E-state index is 12.2. The number of thiol groups is 1. The summed E-state index contributed by atoms with van der Waals surface area (Å²) in [7, 11) is 0. The number of halogens is 1. The number of hydrogen-bond acceptors (Lipinski definition) is 3. The fourth-order valence-electron chi connectivity index (χ4n) is 2.26. The van der Waals surface area contributed by atoms with Crippen LogP contribution < -0.4 is 0 Å². The largest absolute Gasteiger partial charge is 0.521 e. The lowest BCUT2D eigenvalue weighted by Crippen LogP contribution is -2.60. The van der Waals surface area contributed by atoms with Crippen molar-refractivity contribution >= 4 is 40.6 Å². The van der Waals surface area contributed by atoms with E-state index in [1.165, 1.54) is 0 Å². The van der Waals surface area contributed by atoms with E-state index in [9.17, 15) is 14.7 Å². The van der Waals surface area contributed by atoms with Crippen LogP contribution in [-0.4, -0.2) is 44.8 Å². The normalized spacial score (nSPS) is 36.0. The number of quaternary nitrogens is 1. The third kappa shape index (κ3) is 2.15. The average Bonchev–Trinajstić information content (AvgIpc) is 2.52. The Hall–Kier alpha value is -0.0700. The fourth-order valence-corrected chi connectivity index (χ4v) is 3.41. The van der Waals surface area contributed by atoms with Crippen LogP contribution in [0.4, 0.5) is 4.79 Å². The molecule has 2 amide bonds. The van der Waals surface area contributed by atoms with Gasteiger partial charge in [0, 0.05) is 12.2 Å². The Morgan fingerprint density at radius 3 is 2.50 bits per heavy atom. The first kappa shape index (κ1) is 14.0. The molecular formula is C10H17BrNO3S+. The first-order valence-corrected chi connectivity index (χ1v) is 6.81. The third-order valence-electron chi connectivity index (χ3n) is 3.27. The number of nitrogens with zero attached hydrogens (tertiary/aromatic N) is 1. The molecule has 1 heterocycles. The van der Waals surface area contributed by atoms with E-state index in [0.29, 0.717) is 18.7 Å². The number of alkyl halides is 1. The minimum absolute atomic E-state index is 0.0923. The van der Waals surface area contributed by atoms with Crippen molar-refractivity contribution in [3.63, 3.8) is 0 Å². The summed E-state index contributed by atoms with van der Waals surface area (Å²) < 4.78 is -0.461. The Morgan fingerprint density at radius 2 is 2.19 bits per heavy atom. The van der Waals surface area contributed by atoms with Crippen molar-refractivity contribution in [3.05, 3.63) is 0 Å². The van der Waals surface area contributed by atoms with Crippen LogP contribution in [-0.2, 0) is 4.79 Å². The number of carboxylic acid groups (broad SMARTS) is 1. The van der Waals surface area contributed by atoms with Crippen molar-refractivity contribution in [3.8, 4) is 0 Å². The second-order valence-corrected chi connectivity index (χ2v) is 6.10. The minimum atomic E-state index is -1.05. The van der Waals surface area contributed by atoms with Gasteiger partial charge in [0.1, 0.15) is 12.6 Å². The van der Waals surface area contributed by atoms with Gasteiger partial charge in [0.25, 0.3) is 0 Å². The quantitative estimate of drug-likeness (QED) is 0.467. The standard InChI is InChI=1S/C10H16BrNO3S/c1-6(5-16)9(13)12(10(14)15)4-8(11)3-7(12)2/h6-8H,3-5H2,1-2H3,(H-,14,15,16)/p+1/t6?,7-,8+,12-/m1/s1. The van der Waals surface area contributed by atoms with Crippen LogP contribution in [0.5, 0.6) is 0 Å². The van der Waals surface area contributed by atoms with Crippen LogP contribution in [0, 0.1) is 5.92 Å². The maximum absolute atomic E-state index is 12.2. The number of rotatable bonds is 2. The van der Waals surface area contributed by atoms with Gasteiger partial charge in [-0.2, -0.15) is 21.9 Å². The van der Waals surface area contributed by atoms with Gasteiger partial charge in [-0.05, 0) is 13.8 Å². The van der Waals surface area contributed by atoms with E-state index >= 15 is 0 Å². The first-order valence-electron chi connectivity index (χ1n) is 5.26. The Kier molecular flexibility index (Phi) is 4.42. The van der Waals surface area contributed by atoms with Crippen LogP contribution in [0.15, 0.2) is 0 Å². The van der Waals surface area contributed by atoms with Gasteiger partial charge < -0.3 is 5.11 Å². The monoisotopic (exact) mass is 310 g/mol. The van der Waals surface area contributed by atoms with Crippen LogP contribution >= 0.6 is 28.6 Å². The van der Waals surface area contributed by atoms with Crippen molar-refractivity contribution in [1.82, 2.24) is 0 Å². The van der Waals surface area contributed by atoms with E-state index in [1.807, 2.05) is 6.92 Å². The number of likely N-dealkylation sites (tertiary alicyclic amines) is 1. The van der Waals surface area contributed by atoms with E-state index in [4.69, 9.17) is 0 Å². The van der Waals surface area contributed by atoms with E-state index < -0.39 is 10.6 Å². The van der Waals surface area contributed by atoms with Crippen molar-refractivity contribution < 1.29 is 19.2 Å². The molecule has 1 rings (SSSR count). The summed E-state index contributed by atoms with van der Waals surface area (Å²) in [6, 6.07) is -0.184. The molecule has 1 N–H and O–H groups in total. The summed E-state index contributed by atoms with van der Waals surface area (Å²) in [6.07, 6.45) is -0.342. The third-order valence-corrected chi connectivity index (χ3v) is 4.48. The molecule has 0 saturated carbocycles. The van der Waals surface area contributed by atoms with Crippen molar-refractivity contribution in [1.29, 1.82) is 0 Å². The van der Waals surface area contributed by atoms with Gasteiger partial charge in [-0.25, -0.2) is 4.79 Å². The van der Waals surface area contributed by atoms with Crippen LogP contribution in [0.25, 0.3) is 0 Å². The van der Waals surface area contributed by atoms with Gasteiger partial charge in [0.2, 0.25) is 0 Å². The van der Waals surface area contributed by atoms with E-state index in [1.54, 1.807) is 6.92 Å². The van der Waals surface area contributed by atoms with Gasteiger partial charge in [0.15, 0.2) is 0 Å². The Balaban J connectivity index is 3.08. The second-order valence-electron chi connectivity index (χ2n) is 4.44. The number of carbonyl (C=O) groups is 2. The molecule has 0 aromatic carbocycles. The van der Waals surface area contributed by atoms with Gasteiger partial charge in [-0.1, -0.05) is 15.9 Å². The molecule has 4 atom stereocenters. The van der Waals surface area contributed by atoms with Crippen LogP contribution in [0.1, 0.15) is 20.3 Å². The second kappa shape index (κ2) is 5.06. The molecule has 0 aromatic rings. The van der Waals surface area contributed by atoms with Crippen molar-refractivity contribution in [2.75, 3.05) is 12.3 Å². The predicted octanol–water partition coefficient (Wildman–Crippen LogP) is 2.13. The zero-order valence-corrected chi connectivity index (χ0v) is 11.9. The molecule has 1 unspecified atom stereocenters. The molecule has 6 heteroatoms.